The van der Waals surface area contributed by atoms with E-state index < -0.39 is 0 Å². The molecule has 0 aliphatic carbocycles. The van der Waals surface area contributed by atoms with Crippen LogP contribution in [0.2, 0.25) is 0 Å². The second-order valence-electron chi connectivity index (χ2n) is 12.5. The fourth-order valence-corrected chi connectivity index (χ4v) is 8.82. The zero-order valence-corrected chi connectivity index (χ0v) is 25.9. The van der Waals surface area contributed by atoms with Crippen LogP contribution in [0.1, 0.15) is 0 Å². The zero-order valence-electron chi connectivity index (χ0n) is 25.1. The molecule has 2 nitrogen and oxygen atoms in total. The predicted octanol–water partition coefficient (Wildman–Crippen LogP) is 13.4. The minimum Gasteiger partial charge on any atom is -0.456 e. The van der Waals surface area contributed by atoms with Gasteiger partial charge in [-0.05, 0) is 98.6 Å². The summed E-state index contributed by atoms with van der Waals surface area (Å²) in [5.74, 6) is 1.83. The van der Waals surface area contributed by atoms with E-state index in [4.69, 9.17) is 9.15 Å². The van der Waals surface area contributed by atoms with Gasteiger partial charge in [0, 0.05) is 41.9 Å². The maximum atomic E-state index is 6.38. The molecule has 8 aromatic carbocycles. The van der Waals surface area contributed by atoms with E-state index in [0.29, 0.717) is 0 Å². The molecule has 1 aliphatic heterocycles. The molecule has 0 unspecified atom stereocenters. The SMILES string of the molecule is c1ccc2c(c1)Oc1cccc3cc(-c4ccc5c(c4)sc4cc(-c6cccc7oc8cc9ccccc9cc8c67)ccc45)cc-2c13. The first-order valence-electron chi connectivity index (χ1n) is 15.9. The highest BCUT2D eigenvalue weighted by atomic mass is 32.1. The lowest BCUT2D eigenvalue weighted by atomic mass is 9.90. The summed E-state index contributed by atoms with van der Waals surface area (Å²) in [6.07, 6.45) is 0. The minimum absolute atomic E-state index is 0.910. The molecule has 0 spiro atoms. The summed E-state index contributed by atoms with van der Waals surface area (Å²) < 4.78 is 15.2. The van der Waals surface area contributed by atoms with Gasteiger partial charge in [-0.25, -0.2) is 0 Å². The van der Waals surface area contributed by atoms with Crippen LogP contribution in [0.4, 0.5) is 0 Å². The van der Waals surface area contributed by atoms with E-state index in [1.165, 1.54) is 74.9 Å². The van der Waals surface area contributed by atoms with Gasteiger partial charge in [-0.1, -0.05) is 91.0 Å². The molecule has 2 aromatic heterocycles. The maximum Gasteiger partial charge on any atom is 0.136 e. The molecule has 0 N–H and O–H groups in total. The van der Waals surface area contributed by atoms with Crippen molar-refractivity contribution in [3.8, 4) is 44.9 Å². The number of ether oxygens (including phenoxy) is 1. The Hall–Kier alpha value is -5.90. The molecule has 218 valence electrons. The molecule has 3 heteroatoms. The fourth-order valence-electron chi connectivity index (χ4n) is 7.63. The lowest BCUT2D eigenvalue weighted by Crippen LogP contribution is -1.97. The number of benzene rings is 8. The van der Waals surface area contributed by atoms with Crippen molar-refractivity contribution in [3.63, 3.8) is 0 Å². The van der Waals surface area contributed by atoms with Crippen molar-refractivity contribution in [2.24, 2.45) is 0 Å². The van der Waals surface area contributed by atoms with E-state index in [9.17, 15) is 0 Å². The van der Waals surface area contributed by atoms with Crippen LogP contribution >= 0.6 is 11.3 Å². The largest absolute Gasteiger partial charge is 0.456 e. The Bertz CT molecular complexity index is 2940. The first-order chi connectivity index (χ1) is 23.2. The van der Waals surface area contributed by atoms with Crippen molar-refractivity contribution in [3.05, 3.63) is 146 Å². The van der Waals surface area contributed by atoms with Gasteiger partial charge in [0.05, 0.1) is 0 Å². The molecule has 0 amide bonds. The predicted molar refractivity (Wildman–Crippen MR) is 198 cm³/mol. The molecule has 0 bridgehead atoms. The van der Waals surface area contributed by atoms with Crippen LogP contribution in [0, 0.1) is 0 Å². The van der Waals surface area contributed by atoms with E-state index in [2.05, 4.69) is 140 Å². The molecule has 0 atom stereocenters. The molecule has 0 saturated heterocycles. The number of furan rings is 1. The van der Waals surface area contributed by atoms with Gasteiger partial charge >= 0.3 is 0 Å². The minimum atomic E-state index is 0.910. The smallest absolute Gasteiger partial charge is 0.136 e. The topological polar surface area (TPSA) is 22.4 Å². The molecular weight excluding hydrogens is 593 g/mol. The van der Waals surface area contributed by atoms with Crippen LogP contribution in [0.15, 0.2) is 150 Å². The molecule has 47 heavy (non-hydrogen) atoms. The van der Waals surface area contributed by atoms with Crippen molar-refractivity contribution in [2.75, 3.05) is 0 Å². The van der Waals surface area contributed by atoms with Crippen LogP contribution in [0.3, 0.4) is 0 Å². The monoisotopic (exact) mass is 616 g/mol. The highest BCUT2D eigenvalue weighted by molar-refractivity contribution is 7.25. The van der Waals surface area contributed by atoms with Crippen LogP contribution < -0.4 is 4.74 Å². The van der Waals surface area contributed by atoms with Crippen molar-refractivity contribution >= 4 is 75.0 Å². The summed E-state index contributed by atoms with van der Waals surface area (Å²) in [6.45, 7) is 0. The second-order valence-corrected chi connectivity index (χ2v) is 13.6. The molecule has 0 saturated carbocycles. The molecule has 0 fully saturated rings. The van der Waals surface area contributed by atoms with Gasteiger partial charge in [0.1, 0.15) is 22.7 Å². The normalized spacial score (nSPS) is 12.4. The van der Waals surface area contributed by atoms with Gasteiger partial charge < -0.3 is 9.15 Å². The van der Waals surface area contributed by atoms with Crippen molar-refractivity contribution in [1.29, 1.82) is 0 Å². The molecule has 10 aromatic rings. The Morgan fingerprint density at radius 1 is 0.383 bits per heavy atom. The quantitative estimate of drug-likeness (QED) is 0.193. The van der Waals surface area contributed by atoms with Gasteiger partial charge in [-0.15, -0.1) is 11.3 Å². The number of thiophene rings is 1. The van der Waals surface area contributed by atoms with E-state index >= 15 is 0 Å². The highest BCUT2D eigenvalue weighted by Gasteiger charge is 2.21. The third kappa shape index (κ3) is 3.66. The molecule has 0 radical (unpaired) electrons. The van der Waals surface area contributed by atoms with Crippen molar-refractivity contribution in [1.82, 2.24) is 0 Å². The van der Waals surface area contributed by atoms with E-state index in [0.717, 1.165) is 33.6 Å². The average Bonchev–Trinajstić information content (AvgIpc) is 3.67. The standard InChI is InChI=1S/C44H24O2S/c1-2-8-26-22-40-36(20-25(26)7-1)44-31(11-6-14-39(44)46-40)28-16-18-34-33-17-15-27(23-41(33)47-42(34)24-28)30-19-29-9-5-13-38-43(29)35(21-30)32-10-3-4-12-37(32)45-38/h1-24H. The molecule has 1 aliphatic rings. The van der Waals surface area contributed by atoms with Crippen molar-refractivity contribution in [2.45, 2.75) is 0 Å². The van der Waals surface area contributed by atoms with Crippen LogP contribution in [-0.2, 0) is 0 Å². The third-order valence-corrected chi connectivity index (χ3v) is 10.9. The van der Waals surface area contributed by atoms with Gasteiger partial charge in [0.2, 0.25) is 0 Å². The number of fused-ring (bicyclic) bond motifs is 9. The Balaban J connectivity index is 1.06. The Morgan fingerprint density at radius 3 is 1.98 bits per heavy atom. The van der Waals surface area contributed by atoms with Gasteiger partial charge in [-0.3, -0.25) is 0 Å². The zero-order chi connectivity index (χ0) is 30.6. The summed E-state index contributed by atoms with van der Waals surface area (Å²) in [5, 5.41) is 9.71. The lowest BCUT2D eigenvalue weighted by molar-refractivity contribution is 0.487. The summed E-state index contributed by atoms with van der Waals surface area (Å²) >= 11 is 1.86. The molecular formula is C44H24O2S. The first kappa shape index (κ1) is 25.3. The van der Waals surface area contributed by atoms with Crippen LogP contribution in [-0.4, -0.2) is 0 Å². The summed E-state index contributed by atoms with van der Waals surface area (Å²) in [5.41, 5.74) is 9.06. The van der Waals surface area contributed by atoms with Gasteiger partial charge in [-0.2, -0.15) is 0 Å². The molecule has 3 heterocycles. The van der Waals surface area contributed by atoms with Crippen molar-refractivity contribution < 1.29 is 9.15 Å². The lowest BCUT2D eigenvalue weighted by Gasteiger charge is -2.22. The summed E-state index contributed by atoms with van der Waals surface area (Å²) in [6, 6.07) is 52.5. The summed E-state index contributed by atoms with van der Waals surface area (Å²) in [7, 11) is 0. The Morgan fingerprint density at radius 2 is 1.09 bits per heavy atom. The number of para-hydroxylation sites is 1. The average molecular weight is 617 g/mol. The fraction of sp³-hybridized carbons (Fsp3) is 0. The molecule has 11 rings (SSSR count). The number of rotatable bonds is 2. The van der Waals surface area contributed by atoms with E-state index in [-0.39, 0.29) is 0 Å². The second kappa shape index (κ2) is 9.32. The summed E-state index contributed by atoms with van der Waals surface area (Å²) in [4.78, 5) is 0. The highest BCUT2D eigenvalue weighted by Crippen LogP contribution is 2.48. The van der Waals surface area contributed by atoms with Gasteiger partial charge in [0.15, 0.2) is 0 Å². The number of hydrogen-bond acceptors (Lipinski definition) is 3. The third-order valence-electron chi connectivity index (χ3n) is 9.82. The maximum absolute atomic E-state index is 6.38. The van der Waals surface area contributed by atoms with Gasteiger partial charge in [0.25, 0.3) is 0 Å². The van der Waals surface area contributed by atoms with Crippen LogP contribution in [0.5, 0.6) is 11.5 Å². The number of hydrogen-bond donors (Lipinski definition) is 0. The Kier molecular flexibility index (Phi) is 5.02. The van der Waals surface area contributed by atoms with E-state index in [1.54, 1.807) is 0 Å². The Labute approximate surface area is 273 Å². The first-order valence-corrected chi connectivity index (χ1v) is 16.7. The van der Waals surface area contributed by atoms with E-state index in [1.807, 2.05) is 17.4 Å². The van der Waals surface area contributed by atoms with Crippen LogP contribution in [0.25, 0.3) is 97.0 Å².